The number of pyridine rings is 2. The highest BCUT2D eigenvalue weighted by Crippen LogP contribution is 2.14. The van der Waals surface area contributed by atoms with Crippen molar-refractivity contribution < 1.29 is 4.79 Å². The smallest absolute Gasteiger partial charge is 0.255 e. The summed E-state index contributed by atoms with van der Waals surface area (Å²) < 4.78 is 0.947. The van der Waals surface area contributed by atoms with Gasteiger partial charge in [0.25, 0.3) is 5.91 Å². The zero-order valence-corrected chi connectivity index (χ0v) is 14.3. The van der Waals surface area contributed by atoms with Gasteiger partial charge in [0, 0.05) is 40.9 Å². The first kappa shape index (κ1) is 16.1. The topological polar surface area (TPSA) is 66.9 Å². The average Bonchev–Trinajstić information content (AvgIpc) is 2.63. The molecule has 0 aliphatic carbocycles. The van der Waals surface area contributed by atoms with Crippen LogP contribution in [0.25, 0.3) is 0 Å². The van der Waals surface area contributed by atoms with Crippen LogP contribution in [-0.4, -0.2) is 15.9 Å². The first-order valence-electron chi connectivity index (χ1n) is 7.36. The molecule has 0 aliphatic heterocycles. The molecular formula is C18H15BrN4O. The molecule has 2 heterocycles. The van der Waals surface area contributed by atoms with Gasteiger partial charge in [-0.3, -0.25) is 9.78 Å². The van der Waals surface area contributed by atoms with Gasteiger partial charge in [-0.25, -0.2) is 4.98 Å². The van der Waals surface area contributed by atoms with Crippen molar-refractivity contribution in [3.63, 3.8) is 0 Å². The summed E-state index contributed by atoms with van der Waals surface area (Å²) in [6, 6.07) is 14.9. The van der Waals surface area contributed by atoms with Gasteiger partial charge in [0.1, 0.15) is 5.82 Å². The number of nitrogens with one attached hydrogen (secondary N) is 2. The molecule has 0 spiro atoms. The van der Waals surface area contributed by atoms with Crippen molar-refractivity contribution in [3.8, 4) is 0 Å². The van der Waals surface area contributed by atoms with Crippen LogP contribution in [-0.2, 0) is 6.54 Å². The SMILES string of the molecule is O=C(Nc1ccc(CNc2ccc(Br)cn2)cc1)c1ccncc1. The Kier molecular flexibility index (Phi) is 5.18. The van der Waals surface area contributed by atoms with Gasteiger partial charge in [0.15, 0.2) is 0 Å². The van der Waals surface area contributed by atoms with Gasteiger partial charge in [-0.1, -0.05) is 12.1 Å². The molecule has 1 amide bonds. The number of rotatable bonds is 5. The third-order valence-corrected chi connectivity index (χ3v) is 3.82. The Hall–Kier alpha value is -2.73. The number of aromatic nitrogens is 2. The minimum absolute atomic E-state index is 0.151. The van der Waals surface area contributed by atoms with E-state index >= 15 is 0 Å². The van der Waals surface area contributed by atoms with E-state index in [4.69, 9.17) is 0 Å². The van der Waals surface area contributed by atoms with E-state index in [-0.39, 0.29) is 5.91 Å². The van der Waals surface area contributed by atoms with Crippen molar-refractivity contribution in [3.05, 3.63) is 82.7 Å². The van der Waals surface area contributed by atoms with E-state index < -0.39 is 0 Å². The summed E-state index contributed by atoms with van der Waals surface area (Å²) in [7, 11) is 0. The molecule has 1 aromatic carbocycles. The summed E-state index contributed by atoms with van der Waals surface area (Å²) in [6.07, 6.45) is 4.94. The van der Waals surface area contributed by atoms with Gasteiger partial charge in [-0.15, -0.1) is 0 Å². The minimum atomic E-state index is -0.151. The highest BCUT2D eigenvalue weighted by Gasteiger charge is 2.05. The van der Waals surface area contributed by atoms with Crippen LogP contribution in [0, 0.1) is 0 Å². The second kappa shape index (κ2) is 7.70. The van der Waals surface area contributed by atoms with Gasteiger partial charge in [-0.2, -0.15) is 0 Å². The normalized spacial score (nSPS) is 10.2. The molecule has 5 nitrogen and oxygen atoms in total. The summed E-state index contributed by atoms with van der Waals surface area (Å²) in [5.41, 5.74) is 2.43. The first-order valence-corrected chi connectivity index (χ1v) is 8.16. The lowest BCUT2D eigenvalue weighted by Gasteiger charge is -2.08. The van der Waals surface area contributed by atoms with Crippen LogP contribution in [0.4, 0.5) is 11.5 Å². The Morgan fingerprint density at radius 1 is 1.00 bits per heavy atom. The summed E-state index contributed by atoms with van der Waals surface area (Å²) in [4.78, 5) is 20.2. The Labute approximate surface area is 148 Å². The van der Waals surface area contributed by atoms with E-state index in [1.165, 1.54) is 0 Å². The molecule has 3 rings (SSSR count). The minimum Gasteiger partial charge on any atom is -0.366 e. The van der Waals surface area contributed by atoms with E-state index in [0.717, 1.165) is 21.5 Å². The second-order valence-corrected chi connectivity index (χ2v) is 6.02. The largest absolute Gasteiger partial charge is 0.366 e. The van der Waals surface area contributed by atoms with Crippen molar-refractivity contribution in [2.24, 2.45) is 0 Å². The summed E-state index contributed by atoms with van der Waals surface area (Å²) in [5, 5.41) is 6.11. The van der Waals surface area contributed by atoms with Crippen LogP contribution in [0.3, 0.4) is 0 Å². The number of hydrogen-bond donors (Lipinski definition) is 2. The lowest BCUT2D eigenvalue weighted by Crippen LogP contribution is -2.11. The van der Waals surface area contributed by atoms with Gasteiger partial charge >= 0.3 is 0 Å². The number of anilines is 2. The molecule has 120 valence electrons. The highest BCUT2D eigenvalue weighted by atomic mass is 79.9. The van der Waals surface area contributed by atoms with Crippen LogP contribution in [0.1, 0.15) is 15.9 Å². The molecule has 2 N–H and O–H groups in total. The fraction of sp³-hybridized carbons (Fsp3) is 0.0556. The number of hydrogen-bond acceptors (Lipinski definition) is 4. The third-order valence-electron chi connectivity index (χ3n) is 3.36. The monoisotopic (exact) mass is 382 g/mol. The van der Waals surface area contributed by atoms with Crippen molar-refractivity contribution >= 4 is 33.3 Å². The molecule has 24 heavy (non-hydrogen) atoms. The van der Waals surface area contributed by atoms with E-state index in [0.29, 0.717) is 12.1 Å². The van der Waals surface area contributed by atoms with Gasteiger partial charge in [-0.05, 0) is 57.9 Å². The highest BCUT2D eigenvalue weighted by molar-refractivity contribution is 9.10. The molecule has 0 fully saturated rings. The molecule has 2 aromatic heterocycles. The second-order valence-electron chi connectivity index (χ2n) is 5.10. The summed E-state index contributed by atoms with van der Waals surface area (Å²) >= 11 is 3.36. The van der Waals surface area contributed by atoms with Gasteiger partial charge < -0.3 is 10.6 Å². The van der Waals surface area contributed by atoms with Crippen LogP contribution < -0.4 is 10.6 Å². The molecule has 0 saturated heterocycles. The molecule has 0 saturated carbocycles. The molecule has 0 bridgehead atoms. The maximum atomic E-state index is 12.1. The Morgan fingerprint density at radius 2 is 1.75 bits per heavy atom. The van der Waals surface area contributed by atoms with Crippen LogP contribution >= 0.6 is 15.9 Å². The molecule has 0 radical (unpaired) electrons. The van der Waals surface area contributed by atoms with Crippen LogP contribution in [0.15, 0.2) is 71.6 Å². The lowest BCUT2D eigenvalue weighted by molar-refractivity contribution is 0.102. The molecular weight excluding hydrogens is 368 g/mol. The number of amides is 1. The maximum Gasteiger partial charge on any atom is 0.255 e. The van der Waals surface area contributed by atoms with Gasteiger partial charge in [0.2, 0.25) is 0 Å². The zero-order chi connectivity index (χ0) is 16.8. The zero-order valence-electron chi connectivity index (χ0n) is 12.7. The molecule has 0 unspecified atom stereocenters. The predicted octanol–water partition coefficient (Wildman–Crippen LogP) is 4.10. The fourth-order valence-corrected chi connectivity index (χ4v) is 2.32. The molecule has 0 aliphatic rings. The number of benzene rings is 1. The predicted molar refractivity (Wildman–Crippen MR) is 97.9 cm³/mol. The van der Waals surface area contributed by atoms with Crippen LogP contribution in [0.5, 0.6) is 0 Å². The number of carbonyl (C=O) groups is 1. The summed E-state index contributed by atoms with van der Waals surface area (Å²) in [5.74, 6) is 0.663. The molecule has 6 heteroatoms. The maximum absolute atomic E-state index is 12.1. The first-order chi connectivity index (χ1) is 11.7. The van der Waals surface area contributed by atoms with Crippen LogP contribution in [0.2, 0.25) is 0 Å². The van der Waals surface area contributed by atoms with Crippen molar-refractivity contribution in [2.75, 3.05) is 10.6 Å². The van der Waals surface area contributed by atoms with E-state index in [9.17, 15) is 4.79 Å². The number of nitrogens with zero attached hydrogens (tertiary/aromatic N) is 2. The molecule has 3 aromatic rings. The van der Waals surface area contributed by atoms with Crippen molar-refractivity contribution in [1.29, 1.82) is 0 Å². The number of halogens is 1. The standard InChI is InChI=1S/C18H15BrN4O/c19-15-3-6-17(22-12-15)21-11-13-1-4-16(5-2-13)23-18(24)14-7-9-20-10-8-14/h1-10,12H,11H2,(H,21,22)(H,23,24). The fourth-order valence-electron chi connectivity index (χ4n) is 2.09. The Balaban J connectivity index is 1.57. The van der Waals surface area contributed by atoms with E-state index in [1.807, 2.05) is 36.4 Å². The van der Waals surface area contributed by atoms with Crippen molar-refractivity contribution in [1.82, 2.24) is 9.97 Å². The molecule has 0 atom stereocenters. The lowest BCUT2D eigenvalue weighted by atomic mass is 10.2. The van der Waals surface area contributed by atoms with Gasteiger partial charge in [0.05, 0.1) is 0 Å². The summed E-state index contributed by atoms with van der Waals surface area (Å²) in [6.45, 7) is 0.660. The number of carbonyl (C=O) groups excluding carboxylic acids is 1. The average molecular weight is 383 g/mol. The third kappa shape index (κ3) is 4.39. The van der Waals surface area contributed by atoms with E-state index in [1.54, 1.807) is 30.7 Å². The Bertz CT molecular complexity index is 805. The Morgan fingerprint density at radius 3 is 2.42 bits per heavy atom. The van der Waals surface area contributed by atoms with E-state index in [2.05, 4.69) is 36.5 Å². The van der Waals surface area contributed by atoms with Crippen molar-refractivity contribution in [2.45, 2.75) is 6.54 Å². The quantitative estimate of drug-likeness (QED) is 0.696.